The van der Waals surface area contributed by atoms with Crippen molar-refractivity contribution in [3.8, 4) is 11.4 Å². The van der Waals surface area contributed by atoms with Crippen LogP contribution >= 0.6 is 0 Å². The van der Waals surface area contributed by atoms with Crippen LogP contribution in [0.1, 0.15) is 30.0 Å². The van der Waals surface area contributed by atoms with Gasteiger partial charge in [0.05, 0.1) is 18.6 Å². The first-order valence-electron chi connectivity index (χ1n) is 12.1. The van der Waals surface area contributed by atoms with Crippen LogP contribution in [0, 0.1) is 0 Å². The summed E-state index contributed by atoms with van der Waals surface area (Å²) in [6.45, 7) is 6.99. The monoisotopic (exact) mass is 455 g/mol. The maximum atomic E-state index is 6.28. The molecule has 1 aromatic carbocycles. The average Bonchev–Trinajstić information content (AvgIpc) is 3.48. The maximum absolute atomic E-state index is 6.28. The highest BCUT2D eigenvalue weighted by Crippen LogP contribution is 2.37. The Morgan fingerprint density at radius 3 is 2.88 bits per heavy atom. The maximum Gasteiger partial charge on any atom is 0.229 e. The van der Waals surface area contributed by atoms with E-state index < -0.39 is 0 Å². The van der Waals surface area contributed by atoms with E-state index in [1.54, 1.807) is 0 Å². The fraction of sp³-hybridized carbons (Fsp3) is 0.370. The van der Waals surface area contributed by atoms with Crippen LogP contribution in [0.25, 0.3) is 39.7 Å². The summed E-state index contributed by atoms with van der Waals surface area (Å²) in [6, 6.07) is 8.57. The number of rotatable bonds is 6. The second-order valence-corrected chi connectivity index (χ2v) is 9.17. The average molecular weight is 456 g/mol. The fourth-order valence-corrected chi connectivity index (χ4v) is 5.01. The van der Waals surface area contributed by atoms with E-state index in [-0.39, 0.29) is 0 Å². The molecule has 0 amide bonds. The Bertz CT molecular complexity index is 1390. The van der Waals surface area contributed by atoms with Crippen molar-refractivity contribution in [2.45, 2.75) is 26.3 Å². The summed E-state index contributed by atoms with van der Waals surface area (Å²) in [4.78, 5) is 19.3. The van der Waals surface area contributed by atoms with Crippen molar-refractivity contribution in [3.63, 3.8) is 0 Å². The molecule has 7 heteroatoms. The molecule has 1 fully saturated rings. The minimum Gasteiger partial charge on any atom is -0.432 e. The van der Waals surface area contributed by atoms with Gasteiger partial charge in [-0.15, -0.1) is 0 Å². The molecule has 2 aliphatic rings. The standard InChI is InChI=1S/C27H29N5O2/c1-3-10-31(2)17-18-15-22-23-24(34-27(22)28-16-18)26(32-11-13-33-14-12-32)30-25(29-23)21-9-5-7-19-6-4-8-20(19)21/h4-5,7-9,15-16H,3,6,10-14,17H2,1-2H3. The van der Waals surface area contributed by atoms with Crippen molar-refractivity contribution in [1.29, 1.82) is 0 Å². The molecule has 0 saturated carbocycles. The summed E-state index contributed by atoms with van der Waals surface area (Å²) in [6.07, 6.45) is 8.37. The number of furan rings is 1. The van der Waals surface area contributed by atoms with E-state index in [9.17, 15) is 0 Å². The van der Waals surface area contributed by atoms with Crippen LogP contribution < -0.4 is 4.90 Å². The largest absolute Gasteiger partial charge is 0.432 e. The number of morpholine rings is 1. The predicted octanol–water partition coefficient (Wildman–Crippen LogP) is 4.69. The van der Waals surface area contributed by atoms with E-state index in [2.05, 4.69) is 65.2 Å². The van der Waals surface area contributed by atoms with Crippen molar-refractivity contribution in [2.75, 3.05) is 44.8 Å². The van der Waals surface area contributed by atoms with Crippen molar-refractivity contribution in [1.82, 2.24) is 19.9 Å². The fourth-order valence-electron chi connectivity index (χ4n) is 5.01. The number of hydrogen-bond acceptors (Lipinski definition) is 7. The van der Waals surface area contributed by atoms with Gasteiger partial charge < -0.3 is 19.0 Å². The van der Waals surface area contributed by atoms with E-state index in [4.69, 9.17) is 19.1 Å². The van der Waals surface area contributed by atoms with E-state index in [1.807, 2.05) is 6.20 Å². The van der Waals surface area contributed by atoms with Gasteiger partial charge in [-0.3, -0.25) is 0 Å². The normalized spacial score (nSPS) is 15.7. The van der Waals surface area contributed by atoms with Gasteiger partial charge >= 0.3 is 0 Å². The van der Waals surface area contributed by atoms with Crippen molar-refractivity contribution < 1.29 is 9.15 Å². The van der Waals surface area contributed by atoms with Crippen molar-refractivity contribution >= 4 is 34.1 Å². The Morgan fingerprint density at radius 2 is 2.03 bits per heavy atom. The number of anilines is 1. The van der Waals surface area contributed by atoms with Crippen LogP contribution in [0.3, 0.4) is 0 Å². The number of hydrogen-bond donors (Lipinski definition) is 0. The molecule has 0 N–H and O–H groups in total. The molecule has 0 bridgehead atoms. The van der Waals surface area contributed by atoms with Gasteiger partial charge in [0.25, 0.3) is 0 Å². The van der Waals surface area contributed by atoms with E-state index in [0.29, 0.717) is 24.5 Å². The number of allylic oxidation sites excluding steroid dienone is 1. The number of benzene rings is 1. The van der Waals surface area contributed by atoms with E-state index >= 15 is 0 Å². The van der Waals surface area contributed by atoms with Crippen LogP contribution in [-0.2, 0) is 17.7 Å². The predicted molar refractivity (Wildman–Crippen MR) is 135 cm³/mol. The number of ether oxygens (including phenoxy) is 1. The molecular formula is C27H29N5O2. The molecule has 174 valence electrons. The zero-order valence-electron chi connectivity index (χ0n) is 19.8. The highest BCUT2D eigenvalue weighted by Gasteiger charge is 2.24. The first-order chi connectivity index (χ1) is 16.7. The minimum atomic E-state index is 0.607. The molecule has 1 aliphatic carbocycles. The third-order valence-electron chi connectivity index (χ3n) is 6.64. The van der Waals surface area contributed by atoms with Crippen LogP contribution in [0.5, 0.6) is 0 Å². The smallest absolute Gasteiger partial charge is 0.229 e. The third-order valence-corrected chi connectivity index (χ3v) is 6.64. The van der Waals surface area contributed by atoms with Gasteiger partial charge in [0.2, 0.25) is 5.71 Å². The summed E-state index contributed by atoms with van der Waals surface area (Å²) in [7, 11) is 2.14. The molecule has 0 spiro atoms. The molecule has 4 heterocycles. The van der Waals surface area contributed by atoms with Gasteiger partial charge in [0.15, 0.2) is 17.2 Å². The van der Waals surface area contributed by atoms with Gasteiger partial charge in [0, 0.05) is 31.4 Å². The summed E-state index contributed by atoms with van der Waals surface area (Å²) < 4.78 is 11.9. The number of fused-ring (bicyclic) bond motifs is 4. The van der Waals surface area contributed by atoms with Crippen molar-refractivity contribution in [3.05, 3.63) is 53.2 Å². The lowest BCUT2D eigenvalue weighted by atomic mass is 10.0. The topological polar surface area (TPSA) is 67.5 Å². The third kappa shape index (κ3) is 3.75. The van der Waals surface area contributed by atoms with Crippen LogP contribution in [0.15, 0.2) is 41.0 Å². The second kappa shape index (κ2) is 8.81. The van der Waals surface area contributed by atoms with Crippen LogP contribution in [0.4, 0.5) is 5.82 Å². The van der Waals surface area contributed by atoms with Gasteiger partial charge in [0.1, 0.15) is 5.52 Å². The van der Waals surface area contributed by atoms with Gasteiger partial charge in [-0.25, -0.2) is 15.0 Å². The summed E-state index contributed by atoms with van der Waals surface area (Å²) in [5, 5.41) is 0.943. The van der Waals surface area contributed by atoms with E-state index in [1.165, 1.54) is 11.1 Å². The first-order valence-corrected chi connectivity index (χ1v) is 12.1. The van der Waals surface area contributed by atoms with E-state index in [0.717, 1.165) is 72.7 Å². The quantitative estimate of drug-likeness (QED) is 0.418. The Hall–Kier alpha value is -3.29. The molecule has 0 unspecified atom stereocenters. The van der Waals surface area contributed by atoms with Gasteiger partial charge in [-0.1, -0.05) is 37.3 Å². The zero-order chi connectivity index (χ0) is 23.1. The van der Waals surface area contributed by atoms with Gasteiger partial charge in [-0.2, -0.15) is 0 Å². The Labute approximate surface area is 199 Å². The van der Waals surface area contributed by atoms with Gasteiger partial charge in [-0.05, 0) is 49.2 Å². The number of aromatic nitrogens is 3. The number of pyridine rings is 1. The molecule has 0 atom stereocenters. The molecule has 34 heavy (non-hydrogen) atoms. The Morgan fingerprint density at radius 1 is 1.15 bits per heavy atom. The SMILES string of the molecule is CCCN(C)Cc1cnc2oc3c(N4CCOCC4)nc(-c4cccc5c4C=CC5)nc3c2c1. The lowest BCUT2D eigenvalue weighted by Crippen LogP contribution is -2.37. The molecule has 6 rings (SSSR count). The zero-order valence-corrected chi connectivity index (χ0v) is 19.8. The Kier molecular flexibility index (Phi) is 5.51. The summed E-state index contributed by atoms with van der Waals surface area (Å²) in [5.74, 6) is 1.55. The molecule has 1 aliphatic heterocycles. The highest BCUT2D eigenvalue weighted by molar-refractivity contribution is 6.05. The molecule has 1 saturated heterocycles. The molecule has 0 radical (unpaired) electrons. The summed E-state index contributed by atoms with van der Waals surface area (Å²) in [5.41, 5.74) is 6.88. The highest BCUT2D eigenvalue weighted by atomic mass is 16.5. The second-order valence-electron chi connectivity index (χ2n) is 9.17. The molecular weight excluding hydrogens is 426 g/mol. The lowest BCUT2D eigenvalue weighted by Gasteiger charge is -2.27. The Balaban J connectivity index is 1.54. The van der Waals surface area contributed by atoms with Crippen molar-refractivity contribution in [2.24, 2.45) is 0 Å². The number of nitrogens with zero attached hydrogens (tertiary/aromatic N) is 5. The molecule has 3 aromatic heterocycles. The van der Waals surface area contributed by atoms with Crippen LogP contribution in [-0.4, -0.2) is 59.7 Å². The molecule has 7 nitrogen and oxygen atoms in total. The molecule has 4 aromatic rings. The summed E-state index contributed by atoms with van der Waals surface area (Å²) >= 11 is 0. The van der Waals surface area contributed by atoms with Crippen LogP contribution in [0.2, 0.25) is 0 Å². The minimum absolute atomic E-state index is 0.607. The first kappa shape index (κ1) is 21.3. The lowest BCUT2D eigenvalue weighted by molar-refractivity contribution is 0.122.